The fourth-order valence-electron chi connectivity index (χ4n) is 3.25. The van der Waals surface area contributed by atoms with Gasteiger partial charge in [-0.2, -0.15) is 0 Å². The van der Waals surface area contributed by atoms with Crippen LogP contribution >= 0.6 is 11.8 Å². The molecule has 0 aromatic heterocycles. The van der Waals surface area contributed by atoms with Crippen molar-refractivity contribution < 1.29 is 14.3 Å². The number of aryl methyl sites for hydroxylation is 1. The highest BCUT2D eigenvalue weighted by molar-refractivity contribution is 8.00. The fraction of sp³-hybridized carbons (Fsp3) is 0.409. The predicted molar refractivity (Wildman–Crippen MR) is 110 cm³/mol. The smallest absolute Gasteiger partial charge is 0.233 e. The number of nitrogens with one attached hydrogen (secondary N) is 1. The van der Waals surface area contributed by atoms with Crippen LogP contribution in [0.5, 0.6) is 11.5 Å². The van der Waals surface area contributed by atoms with Gasteiger partial charge in [0.05, 0.1) is 18.4 Å². The van der Waals surface area contributed by atoms with Gasteiger partial charge in [0.2, 0.25) is 5.91 Å². The summed E-state index contributed by atoms with van der Waals surface area (Å²) in [7, 11) is 1.64. The van der Waals surface area contributed by atoms with Crippen molar-refractivity contribution in [2.75, 3.05) is 7.11 Å². The second kappa shape index (κ2) is 7.85. The first-order valence-corrected chi connectivity index (χ1v) is 10.1. The first-order chi connectivity index (χ1) is 12.8. The number of carbonyl (C=O) groups excluding carboxylic acids is 1. The molecule has 2 aromatic rings. The highest BCUT2D eigenvalue weighted by Crippen LogP contribution is 2.41. The molecule has 0 aliphatic carbocycles. The quantitative estimate of drug-likeness (QED) is 0.744. The predicted octanol–water partition coefficient (Wildman–Crippen LogP) is 4.90. The van der Waals surface area contributed by atoms with Crippen molar-refractivity contribution in [3.05, 3.63) is 53.6 Å². The molecule has 0 unspecified atom stereocenters. The largest absolute Gasteiger partial charge is 0.497 e. The summed E-state index contributed by atoms with van der Waals surface area (Å²) >= 11 is 1.57. The number of carbonyl (C=O) groups is 1. The van der Waals surface area contributed by atoms with E-state index < -0.39 is 0 Å². The Balaban J connectivity index is 1.74. The molecule has 1 N–H and O–H groups in total. The SMILES string of the molecule is COc1ccc2c(c1)OC(C)(C)C[C@@H]2NC(=O)[C@H](C)Sc1ccc(C)cc1. The van der Waals surface area contributed by atoms with E-state index in [1.165, 1.54) is 5.56 Å². The van der Waals surface area contributed by atoms with Crippen molar-refractivity contribution in [2.24, 2.45) is 0 Å². The lowest BCUT2D eigenvalue weighted by Gasteiger charge is -2.38. The molecule has 144 valence electrons. The Morgan fingerprint density at radius 3 is 2.63 bits per heavy atom. The number of ether oxygens (including phenoxy) is 2. The zero-order chi connectivity index (χ0) is 19.6. The third kappa shape index (κ3) is 4.78. The van der Waals surface area contributed by atoms with Crippen molar-refractivity contribution >= 4 is 17.7 Å². The van der Waals surface area contributed by atoms with E-state index in [0.29, 0.717) is 0 Å². The molecule has 0 saturated heterocycles. The van der Waals surface area contributed by atoms with E-state index >= 15 is 0 Å². The maximum Gasteiger partial charge on any atom is 0.233 e. The molecule has 2 aromatic carbocycles. The minimum atomic E-state index is -0.356. The molecule has 0 radical (unpaired) electrons. The van der Waals surface area contributed by atoms with Crippen LogP contribution < -0.4 is 14.8 Å². The Bertz CT molecular complexity index is 817. The molecular formula is C22H27NO3S. The summed E-state index contributed by atoms with van der Waals surface area (Å²) in [6, 6.07) is 13.9. The molecule has 1 amide bonds. The van der Waals surface area contributed by atoms with Gasteiger partial charge in [-0.1, -0.05) is 17.7 Å². The second-order valence-corrected chi connectivity index (χ2v) is 9.02. The molecule has 0 spiro atoms. The molecule has 27 heavy (non-hydrogen) atoms. The van der Waals surface area contributed by atoms with Crippen molar-refractivity contribution in [3.63, 3.8) is 0 Å². The average Bonchev–Trinajstić information content (AvgIpc) is 2.62. The number of fused-ring (bicyclic) bond motifs is 1. The van der Waals surface area contributed by atoms with Crippen LogP contribution in [0.25, 0.3) is 0 Å². The van der Waals surface area contributed by atoms with E-state index in [1.807, 2.05) is 39.0 Å². The average molecular weight is 386 g/mol. The van der Waals surface area contributed by atoms with Gasteiger partial charge in [0.25, 0.3) is 0 Å². The fourth-order valence-corrected chi connectivity index (χ4v) is 4.13. The highest BCUT2D eigenvalue weighted by Gasteiger charge is 2.35. The van der Waals surface area contributed by atoms with Crippen LogP contribution in [0.2, 0.25) is 0 Å². The number of benzene rings is 2. The molecule has 2 atom stereocenters. The third-order valence-corrected chi connectivity index (χ3v) is 5.81. The van der Waals surface area contributed by atoms with Crippen molar-refractivity contribution in [1.29, 1.82) is 0 Å². The zero-order valence-electron chi connectivity index (χ0n) is 16.5. The summed E-state index contributed by atoms with van der Waals surface area (Å²) in [6.07, 6.45) is 0.722. The lowest BCUT2D eigenvalue weighted by Crippen LogP contribution is -2.43. The van der Waals surface area contributed by atoms with E-state index in [4.69, 9.17) is 9.47 Å². The van der Waals surface area contributed by atoms with E-state index in [1.54, 1.807) is 18.9 Å². The van der Waals surface area contributed by atoms with Crippen LogP contribution in [-0.2, 0) is 4.79 Å². The van der Waals surface area contributed by atoms with Gasteiger partial charge in [-0.3, -0.25) is 4.79 Å². The number of rotatable bonds is 5. The van der Waals surface area contributed by atoms with E-state index in [2.05, 4.69) is 36.5 Å². The Morgan fingerprint density at radius 1 is 1.26 bits per heavy atom. The van der Waals surface area contributed by atoms with Gasteiger partial charge < -0.3 is 14.8 Å². The molecule has 0 bridgehead atoms. The number of thioether (sulfide) groups is 1. The maximum absolute atomic E-state index is 12.8. The van der Waals surface area contributed by atoms with E-state index in [0.717, 1.165) is 28.4 Å². The van der Waals surface area contributed by atoms with Crippen LogP contribution in [0.3, 0.4) is 0 Å². The van der Waals surface area contributed by atoms with Crippen molar-refractivity contribution in [1.82, 2.24) is 5.32 Å². The van der Waals surface area contributed by atoms with Gasteiger partial charge in [-0.25, -0.2) is 0 Å². The van der Waals surface area contributed by atoms with Crippen LogP contribution in [0.15, 0.2) is 47.4 Å². The summed E-state index contributed by atoms with van der Waals surface area (Å²) in [6.45, 7) is 8.08. The first-order valence-electron chi connectivity index (χ1n) is 9.18. The summed E-state index contributed by atoms with van der Waals surface area (Å²) in [4.78, 5) is 13.9. The van der Waals surface area contributed by atoms with Gasteiger partial charge in [0.1, 0.15) is 17.1 Å². The lowest BCUT2D eigenvalue weighted by molar-refractivity contribution is -0.121. The van der Waals surface area contributed by atoms with E-state index in [-0.39, 0.29) is 22.8 Å². The molecule has 3 rings (SSSR count). The zero-order valence-corrected chi connectivity index (χ0v) is 17.4. The number of amides is 1. The topological polar surface area (TPSA) is 47.6 Å². The molecular weight excluding hydrogens is 358 g/mol. The number of hydrogen-bond acceptors (Lipinski definition) is 4. The Kier molecular flexibility index (Phi) is 5.70. The van der Waals surface area contributed by atoms with Gasteiger partial charge in [0.15, 0.2) is 0 Å². The Morgan fingerprint density at radius 2 is 1.96 bits per heavy atom. The molecule has 5 heteroatoms. The number of hydrogen-bond donors (Lipinski definition) is 1. The minimum absolute atomic E-state index is 0.0324. The van der Waals surface area contributed by atoms with Crippen LogP contribution in [-0.4, -0.2) is 23.9 Å². The summed E-state index contributed by atoms with van der Waals surface area (Å²) < 4.78 is 11.4. The van der Waals surface area contributed by atoms with E-state index in [9.17, 15) is 4.79 Å². The molecule has 4 nitrogen and oxygen atoms in total. The van der Waals surface area contributed by atoms with Gasteiger partial charge >= 0.3 is 0 Å². The molecule has 1 aliphatic rings. The van der Waals surface area contributed by atoms with Crippen LogP contribution in [0.4, 0.5) is 0 Å². The van der Waals surface area contributed by atoms with Gasteiger partial charge in [-0.15, -0.1) is 11.8 Å². The molecule has 1 aliphatic heterocycles. The highest BCUT2D eigenvalue weighted by atomic mass is 32.2. The molecule has 1 heterocycles. The summed E-state index contributed by atoms with van der Waals surface area (Å²) in [5.41, 5.74) is 1.86. The first kappa shape index (κ1) is 19.6. The monoisotopic (exact) mass is 385 g/mol. The Labute approximate surface area is 165 Å². The van der Waals surface area contributed by atoms with Crippen molar-refractivity contribution in [2.45, 2.75) is 55.9 Å². The minimum Gasteiger partial charge on any atom is -0.497 e. The standard InChI is InChI=1S/C22H27NO3S/c1-14-6-9-17(10-7-14)27-15(2)21(24)23-19-13-22(3,4)26-20-12-16(25-5)8-11-18(19)20/h6-12,15,19H,13H2,1-5H3,(H,23,24)/t15-,19-/m0/s1. The second-order valence-electron chi connectivity index (χ2n) is 7.60. The summed E-state index contributed by atoms with van der Waals surface area (Å²) in [5.74, 6) is 1.56. The normalized spacial score (nSPS) is 18.8. The summed E-state index contributed by atoms with van der Waals surface area (Å²) in [5, 5.41) is 3.04. The maximum atomic E-state index is 12.8. The van der Waals surface area contributed by atoms with Crippen LogP contribution in [0, 0.1) is 6.92 Å². The van der Waals surface area contributed by atoms with Crippen LogP contribution in [0.1, 0.15) is 44.4 Å². The molecule has 0 saturated carbocycles. The van der Waals surface area contributed by atoms with Gasteiger partial charge in [0, 0.05) is 22.9 Å². The van der Waals surface area contributed by atoms with Gasteiger partial charge in [-0.05, 0) is 52.0 Å². The molecule has 0 fully saturated rings. The Hall–Kier alpha value is -2.14. The third-order valence-electron chi connectivity index (χ3n) is 4.70. The number of methoxy groups -OCH3 is 1. The van der Waals surface area contributed by atoms with Crippen molar-refractivity contribution in [3.8, 4) is 11.5 Å². The lowest BCUT2D eigenvalue weighted by atomic mass is 9.89.